The third kappa shape index (κ3) is 3.97. The highest BCUT2D eigenvalue weighted by molar-refractivity contribution is 7.13. The van der Waals surface area contributed by atoms with Crippen molar-refractivity contribution in [2.45, 2.75) is 13.0 Å². The number of aromatic nitrogens is 1. The summed E-state index contributed by atoms with van der Waals surface area (Å²) in [5, 5.41) is 13.3. The SMILES string of the molecule is COCc1nc(CCN2CCNCC2)sc1C(=O)O. The second-order valence-corrected chi connectivity index (χ2v) is 5.55. The third-order valence-electron chi connectivity index (χ3n) is 3.07. The van der Waals surface area contributed by atoms with Crippen LogP contribution in [0.25, 0.3) is 0 Å². The summed E-state index contributed by atoms with van der Waals surface area (Å²) in [5.41, 5.74) is 0.537. The number of hydrogen-bond donors (Lipinski definition) is 2. The van der Waals surface area contributed by atoms with E-state index >= 15 is 0 Å². The Balaban J connectivity index is 1.95. The van der Waals surface area contributed by atoms with Crippen LogP contribution in [0.15, 0.2) is 0 Å². The molecule has 6 nitrogen and oxygen atoms in total. The van der Waals surface area contributed by atoms with Gasteiger partial charge in [0.15, 0.2) is 0 Å². The van der Waals surface area contributed by atoms with Gasteiger partial charge < -0.3 is 20.1 Å². The summed E-state index contributed by atoms with van der Waals surface area (Å²) >= 11 is 1.26. The quantitative estimate of drug-likeness (QED) is 0.790. The Bertz CT molecular complexity index is 430. The molecule has 1 aliphatic rings. The van der Waals surface area contributed by atoms with Crippen LogP contribution < -0.4 is 5.32 Å². The van der Waals surface area contributed by atoms with Crippen molar-refractivity contribution in [3.63, 3.8) is 0 Å². The molecule has 1 aromatic rings. The Kier molecular flexibility index (Phi) is 5.26. The molecule has 0 aliphatic carbocycles. The number of rotatable bonds is 6. The summed E-state index contributed by atoms with van der Waals surface area (Å²) in [6, 6.07) is 0. The first-order chi connectivity index (χ1) is 9.20. The molecule has 19 heavy (non-hydrogen) atoms. The highest BCUT2D eigenvalue weighted by Crippen LogP contribution is 2.20. The van der Waals surface area contributed by atoms with Crippen molar-refractivity contribution in [3.05, 3.63) is 15.6 Å². The van der Waals surface area contributed by atoms with Crippen LogP contribution in [0.2, 0.25) is 0 Å². The lowest BCUT2D eigenvalue weighted by Crippen LogP contribution is -2.44. The molecule has 0 amide bonds. The molecule has 2 N–H and O–H groups in total. The van der Waals surface area contributed by atoms with E-state index in [1.165, 1.54) is 11.3 Å². The Morgan fingerprint density at radius 1 is 1.53 bits per heavy atom. The van der Waals surface area contributed by atoms with Gasteiger partial charge in [0.25, 0.3) is 0 Å². The molecule has 0 spiro atoms. The number of methoxy groups -OCH3 is 1. The maximum atomic E-state index is 11.1. The van der Waals surface area contributed by atoms with E-state index in [9.17, 15) is 4.79 Å². The van der Waals surface area contributed by atoms with E-state index in [0.717, 1.165) is 44.2 Å². The van der Waals surface area contributed by atoms with Gasteiger partial charge in [0.05, 0.1) is 17.3 Å². The largest absolute Gasteiger partial charge is 0.477 e. The molecular weight excluding hydrogens is 266 g/mol. The average molecular weight is 285 g/mol. The Hall–Kier alpha value is -1.02. The first kappa shape index (κ1) is 14.4. The van der Waals surface area contributed by atoms with E-state index in [-0.39, 0.29) is 6.61 Å². The topological polar surface area (TPSA) is 74.7 Å². The van der Waals surface area contributed by atoms with Crippen molar-refractivity contribution in [2.75, 3.05) is 39.8 Å². The smallest absolute Gasteiger partial charge is 0.347 e. The summed E-state index contributed by atoms with van der Waals surface area (Å²) in [6.07, 6.45) is 0.800. The van der Waals surface area contributed by atoms with Crippen LogP contribution in [-0.4, -0.2) is 60.8 Å². The fourth-order valence-electron chi connectivity index (χ4n) is 2.10. The van der Waals surface area contributed by atoms with Gasteiger partial charge >= 0.3 is 5.97 Å². The zero-order chi connectivity index (χ0) is 13.7. The number of piperazine rings is 1. The molecule has 106 valence electrons. The van der Waals surface area contributed by atoms with E-state index in [1.54, 1.807) is 7.11 Å². The number of nitrogens with zero attached hydrogens (tertiary/aromatic N) is 2. The lowest BCUT2D eigenvalue weighted by atomic mass is 10.3. The second-order valence-electron chi connectivity index (χ2n) is 4.46. The number of aromatic carboxylic acids is 1. The zero-order valence-electron chi connectivity index (χ0n) is 11.0. The van der Waals surface area contributed by atoms with Gasteiger partial charge in [-0.15, -0.1) is 11.3 Å². The van der Waals surface area contributed by atoms with Gasteiger partial charge in [-0.2, -0.15) is 0 Å². The normalized spacial score (nSPS) is 16.7. The zero-order valence-corrected chi connectivity index (χ0v) is 11.8. The fraction of sp³-hybridized carbons (Fsp3) is 0.667. The van der Waals surface area contributed by atoms with Crippen molar-refractivity contribution in [1.82, 2.24) is 15.2 Å². The molecule has 2 rings (SSSR count). The van der Waals surface area contributed by atoms with Gasteiger partial charge in [0.2, 0.25) is 0 Å². The standard InChI is InChI=1S/C12H19N3O3S/c1-18-8-9-11(12(16)17)19-10(14-9)2-5-15-6-3-13-4-7-15/h13H,2-8H2,1H3,(H,16,17). The molecular formula is C12H19N3O3S. The summed E-state index contributed by atoms with van der Waals surface area (Å²) < 4.78 is 4.99. The summed E-state index contributed by atoms with van der Waals surface area (Å²) in [4.78, 5) is 18.2. The summed E-state index contributed by atoms with van der Waals surface area (Å²) in [5.74, 6) is -0.919. The first-order valence-corrected chi connectivity index (χ1v) is 7.16. The van der Waals surface area contributed by atoms with Gasteiger partial charge in [0, 0.05) is 46.3 Å². The minimum atomic E-state index is -0.919. The molecule has 0 aromatic carbocycles. The van der Waals surface area contributed by atoms with Crippen molar-refractivity contribution in [1.29, 1.82) is 0 Å². The lowest BCUT2D eigenvalue weighted by molar-refractivity contribution is 0.0697. The third-order valence-corrected chi connectivity index (χ3v) is 4.21. The fourth-order valence-corrected chi connectivity index (χ4v) is 2.99. The number of carboxylic acids is 1. The number of thiazole rings is 1. The van der Waals surface area contributed by atoms with E-state index in [4.69, 9.17) is 9.84 Å². The molecule has 1 fully saturated rings. The van der Waals surface area contributed by atoms with Gasteiger partial charge in [0.1, 0.15) is 4.88 Å². The van der Waals surface area contributed by atoms with Crippen molar-refractivity contribution < 1.29 is 14.6 Å². The Morgan fingerprint density at radius 3 is 2.89 bits per heavy atom. The highest BCUT2D eigenvalue weighted by Gasteiger charge is 2.18. The van der Waals surface area contributed by atoms with Gasteiger partial charge in [-0.1, -0.05) is 0 Å². The first-order valence-electron chi connectivity index (χ1n) is 6.34. The van der Waals surface area contributed by atoms with Crippen LogP contribution in [0.4, 0.5) is 0 Å². The van der Waals surface area contributed by atoms with Crippen LogP contribution in [0, 0.1) is 0 Å². The van der Waals surface area contributed by atoms with Crippen LogP contribution in [0.5, 0.6) is 0 Å². The maximum absolute atomic E-state index is 11.1. The molecule has 0 saturated carbocycles. The van der Waals surface area contributed by atoms with Gasteiger partial charge in [-0.25, -0.2) is 9.78 Å². The summed E-state index contributed by atoms with van der Waals surface area (Å²) in [6.45, 7) is 5.32. The predicted molar refractivity (Wildman–Crippen MR) is 72.8 cm³/mol. The number of carboxylic acid groups (broad SMARTS) is 1. The van der Waals surface area contributed by atoms with Crippen molar-refractivity contribution in [3.8, 4) is 0 Å². The van der Waals surface area contributed by atoms with Gasteiger partial charge in [-0.3, -0.25) is 0 Å². The number of ether oxygens (including phenoxy) is 1. The molecule has 0 bridgehead atoms. The number of nitrogens with one attached hydrogen (secondary N) is 1. The molecule has 0 radical (unpaired) electrons. The Labute approximate surface area is 116 Å². The minimum Gasteiger partial charge on any atom is -0.477 e. The van der Waals surface area contributed by atoms with Crippen molar-refractivity contribution >= 4 is 17.3 Å². The van der Waals surface area contributed by atoms with Crippen molar-refractivity contribution in [2.24, 2.45) is 0 Å². The molecule has 7 heteroatoms. The Morgan fingerprint density at radius 2 is 2.26 bits per heavy atom. The molecule has 2 heterocycles. The highest BCUT2D eigenvalue weighted by atomic mass is 32.1. The van der Waals surface area contributed by atoms with E-state index in [2.05, 4.69) is 15.2 Å². The number of carbonyl (C=O) groups is 1. The van der Waals surface area contributed by atoms with Crippen LogP contribution >= 0.6 is 11.3 Å². The maximum Gasteiger partial charge on any atom is 0.347 e. The molecule has 0 atom stereocenters. The monoisotopic (exact) mass is 285 g/mol. The van der Waals surface area contributed by atoms with Crippen LogP contribution in [0.3, 0.4) is 0 Å². The summed E-state index contributed by atoms with van der Waals surface area (Å²) in [7, 11) is 1.55. The molecule has 1 aromatic heterocycles. The number of hydrogen-bond acceptors (Lipinski definition) is 6. The average Bonchev–Trinajstić information content (AvgIpc) is 2.81. The lowest BCUT2D eigenvalue weighted by Gasteiger charge is -2.26. The minimum absolute atomic E-state index is 0.256. The van der Waals surface area contributed by atoms with E-state index in [0.29, 0.717) is 10.6 Å². The predicted octanol–water partition coefficient (Wildman–Crippen LogP) is 0.435. The van der Waals surface area contributed by atoms with E-state index in [1.807, 2.05) is 0 Å². The van der Waals surface area contributed by atoms with E-state index < -0.39 is 5.97 Å². The van der Waals surface area contributed by atoms with Crippen LogP contribution in [-0.2, 0) is 17.8 Å². The molecule has 0 unspecified atom stereocenters. The second kappa shape index (κ2) is 6.95. The van der Waals surface area contributed by atoms with Gasteiger partial charge in [-0.05, 0) is 0 Å². The molecule has 1 aliphatic heterocycles. The van der Waals surface area contributed by atoms with Crippen LogP contribution in [0.1, 0.15) is 20.4 Å². The molecule has 1 saturated heterocycles.